The molecule has 0 bridgehead atoms. The summed E-state index contributed by atoms with van der Waals surface area (Å²) in [5.74, 6) is -0.586. The third-order valence-electron chi connectivity index (χ3n) is 18.9. The highest BCUT2D eigenvalue weighted by molar-refractivity contribution is 6.91. The van der Waals surface area contributed by atoms with E-state index in [1.54, 1.807) is 12.1 Å². The van der Waals surface area contributed by atoms with Crippen LogP contribution in [0.1, 0.15) is 0 Å². The lowest BCUT2D eigenvalue weighted by Crippen LogP contribution is -2.40. The van der Waals surface area contributed by atoms with Crippen LogP contribution in [0.15, 0.2) is 218 Å². The first-order valence-electron chi connectivity index (χ1n) is 32.9. The summed E-state index contributed by atoms with van der Waals surface area (Å²) in [4.78, 5) is 4.53. The van der Waals surface area contributed by atoms with Gasteiger partial charge in [-0.1, -0.05) is 308 Å². The number of rotatable bonds is 16. The van der Waals surface area contributed by atoms with Crippen LogP contribution in [0.5, 0.6) is 0 Å². The van der Waals surface area contributed by atoms with Gasteiger partial charge < -0.3 is 9.80 Å². The second-order valence-corrected chi connectivity index (χ2v) is 62.2. The standard InChI is InChI=1S/C82H90F2N2Si6/c1-87(2,3)63-39-27-55(28-40-63)61-51-69(57-31-43-65(44-32-57)89(7,8)9)81(71(83)53-61)85(75-23-19-21-25-77(75)91(13,14)15)73-49-37-59-36-48-68-74(50-38-60-35-47-67(73)79(59)80(60)68)86(76-24-20-22-26-78(76)92(16,17)18)82-70(58-33-45-66(46-34-58)90(10,11)12)52-62(54-72(82)84)56-29-41-64(42-30-56)88(4,5)6/h19-54H,1-18H3. The molecule has 92 heavy (non-hydrogen) atoms. The van der Waals surface area contributed by atoms with Gasteiger partial charge in [-0.2, -0.15) is 0 Å². The number of nitrogens with zero attached hydrogens (tertiary/aromatic N) is 2. The summed E-state index contributed by atoms with van der Waals surface area (Å²) < 4.78 is 37.7. The topological polar surface area (TPSA) is 6.48 Å². The van der Waals surface area contributed by atoms with Crippen molar-refractivity contribution in [3.8, 4) is 44.5 Å². The zero-order chi connectivity index (χ0) is 65.8. The minimum atomic E-state index is -2.13. The lowest BCUT2D eigenvalue weighted by molar-refractivity contribution is 0.629. The van der Waals surface area contributed by atoms with Crippen molar-refractivity contribution < 1.29 is 8.78 Å². The van der Waals surface area contributed by atoms with E-state index in [2.05, 4.69) is 334 Å². The molecule has 12 rings (SSSR count). The summed E-state index contributed by atoms with van der Waals surface area (Å²) in [6, 6.07) is 79.1. The number of hydrogen-bond donors (Lipinski definition) is 0. The molecule has 0 aliphatic rings. The normalized spacial score (nSPS) is 12.8. The maximum atomic E-state index is 18.8. The van der Waals surface area contributed by atoms with E-state index in [1.165, 1.54) is 31.1 Å². The van der Waals surface area contributed by atoms with E-state index in [1.807, 2.05) is 0 Å². The number of hydrogen-bond acceptors (Lipinski definition) is 2. The van der Waals surface area contributed by atoms with Crippen LogP contribution >= 0.6 is 0 Å². The number of halogens is 2. The quantitative estimate of drug-likeness (QED) is 0.0703. The van der Waals surface area contributed by atoms with Crippen molar-refractivity contribution >= 4 is 146 Å². The van der Waals surface area contributed by atoms with Crippen LogP contribution in [0.2, 0.25) is 118 Å². The highest BCUT2D eigenvalue weighted by atomic mass is 28.3. The van der Waals surface area contributed by atoms with Gasteiger partial charge in [-0.3, -0.25) is 0 Å². The minimum absolute atomic E-state index is 0.293. The molecular formula is C82H90F2N2Si6. The monoisotopic (exact) mass is 1310 g/mol. The number of benzene rings is 12. The molecular weight excluding hydrogens is 1220 g/mol. The van der Waals surface area contributed by atoms with Crippen molar-refractivity contribution in [1.82, 2.24) is 0 Å². The molecule has 12 aromatic rings. The Bertz CT molecular complexity index is 4440. The Kier molecular flexibility index (Phi) is 16.7. The van der Waals surface area contributed by atoms with E-state index in [4.69, 9.17) is 0 Å². The van der Waals surface area contributed by atoms with Gasteiger partial charge in [-0.05, 0) is 114 Å². The zero-order valence-electron chi connectivity index (χ0n) is 57.4. The largest absolute Gasteiger partial charge is 0.307 e. The summed E-state index contributed by atoms with van der Waals surface area (Å²) in [5, 5.41) is 14.2. The molecule has 466 valence electrons. The zero-order valence-corrected chi connectivity index (χ0v) is 63.4. The van der Waals surface area contributed by atoms with Gasteiger partial charge >= 0.3 is 0 Å². The second kappa shape index (κ2) is 23.8. The predicted octanol–water partition coefficient (Wildman–Crippen LogP) is 21.7. The molecule has 12 aromatic carbocycles. The molecule has 0 aromatic heterocycles. The van der Waals surface area contributed by atoms with E-state index in [0.29, 0.717) is 11.4 Å². The summed E-state index contributed by atoms with van der Waals surface area (Å²) in [6.45, 7) is 42.8. The maximum absolute atomic E-state index is 18.8. The smallest absolute Gasteiger partial charge is 0.148 e. The molecule has 0 unspecified atom stereocenters. The number of para-hydroxylation sites is 2. The first-order valence-corrected chi connectivity index (χ1v) is 53.9. The van der Waals surface area contributed by atoms with Crippen molar-refractivity contribution in [3.05, 3.63) is 230 Å². The van der Waals surface area contributed by atoms with Crippen molar-refractivity contribution in [3.63, 3.8) is 0 Å². The van der Waals surface area contributed by atoms with Crippen LogP contribution in [-0.4, -0.2) is 48.4 Å². The number of anilines is 6. The van der Waals surface area contributed by atoms with E-state index in [9.17, 15) is 0 Å². The Morgan fingerprint density at radius 2 is 0.533 bits per heavy atom. The first kappa shape index (κ1) is 64.5. The Balaban J connectivity index is 1.15. The third-order valence-corrected chi connectivity index (χ3v) is 31.2. The van der Waals surface area contributed by atoms with Crippen LogP contribution in [0.25, 0.3) is 76.8 Å². The molecule has 0 spiro atoms. The molecule has 0 radical (unpaired) electrons. The van der Waals surface area contributed by atoms with E-state index < -0.39 is 48.4 Å². The van der Waals surface area contributed by atoms with Gasteiger partial charge in [0.05, 0.1) is 71.2 Å². The van der Waals surface area contributed by atoms with Gasteiger partial charge in [0.15, 0.2) is 0 Å². The Labute approximate surface area is 553 Å². The van der Waals surface area contributed by atoms with Crippen LogP contribution in [0, 0.1) is 11.6 Å². The van der Waals surface area contributed by atoms with Gasteiger partial charge in [0.25, 0.3) is 0 Å². The molecule has 0 atom stereocenters. The van der Waals surface area contributed by atoms with E-state index in [-0.39, 0.29) is 11.6 Å². The molecule has 0 heterocycles. The fourth-order valence-corrected chi connectivity index (χ4v) is 21.3. The molecule has 0 aliphatic carbocycles. The van der Waals surface area contributed by atoms with Crippen molar-refractivity contribution in [2.24, 2.45) is 0 Å². The van der Waals surface area contributed by atoms with Crippen molar-refractivity contribution in [2.45, 2.75) is 118 Å². The highest BCUT2D eigenvalue weighted by Crippen LogP contribution is 2.52. The predicted molar refractivity (Wildman–Crippen MR) is 419 cm³/mol. The molecule has 0 aliphatic heterocycles. The third kappa shape index (κ3) is 12.3. The van der Waals surface area contributed by atoms with Crippen LogP contribution in [-0.2, 0) is 0 Å². The molecule has 0 amide bonds. The minimum Gasteiger partial charge on any atom is -0.307 e. The lowest BCUT2D eigenvalue weighted by Gasteiger charge is -2.35. The van der Waals surface area contributed by atoms with Gasteiger partial charge in [0.1, 0.15) is 11.6 Å². The molecule has 0 N–H and O–H groups in total. The maximum Gasteiger partial charge on any atom is 0.148 e. The molecule has 0 fully saturated rings. The first-order chi connectivity index (χ1) is 43.3. The van der Waals surface area contributed by atoms with E-state index >= 15 is 8.78 Å². The summed E-state index contributed by atoms with van der Waals surface area (Å²) >= 11 is 0. The van der Waals surface area contributed by atoms with Gasteiger partial charge in [-0.25, -0.2) is 8.78 Å². The van der Waals surface area contributed by atoms with Crippen molar-refractivity contribution in [2.75, 3.05) is 9.80 Å². The Morgan fingerprint density at radius 3 is 0.826 bits per heavy atom. The molecule has 0 saturated carbocycles. The molecule has 10 heteroatoms. The SMILES string of the molecule is C[Si](C)(C)c1ccc(-c2cc(F)c(N(c3ccccc3[Si](C)(C)C)c3ccc4ccc5c(N(c6ccccc6[Si](C)(C)C)c6c(F)cc(-c7ccc([Si](C)(C)C)cc7)cc6-c6ccc([Si](C)(C)C)cc6)ccc6ccc3c4c65)c(-c3ccc([Si](C)(C)C)cc3)c2)cc1. The average molecular weight is 1310 g/mol. The molecule has 2 nitrogen and oxygen atoms in total. The highest BCUT2D eigenvalue weighted by Gasteiger charge is 2.34. The lowest BCUT2D eigenvalue weighted by atomic mass is 9.90. The summed E-state index contributed by atoms with van der Waals surface area (Å²) in [5.41, 5.74) is 12.0. The summed E-state index contributed by atoms with van der Waals surface area (Å²) in [7, 11) is -10.8. The van der Waals surface area contributed by atoms with Crippen LogP contribution in [0.3, 0.4) is 0 Å². The average Bonchev–Trinajstić information content (AvgIpc) is 0.717. The Hall–Kier alpha value is -7.56. The second-order valence-electron chi connectivity index (χ2n) is 31.8. The van der Waals surface area contributed by atoms with Crippen LogP contribution in [0.4, 0.5) is 42.9 Å². The Morgan fingerprint density at radius 1 is 0.250 bits per heavy atom. The van der Waals surface area contributed by atoms with Gasteiger partial charge in [0, 0.05) is 33.3 Å². The fourth-order valence-electron chi connectivity index (χ4n) is 13.6. The molecule has 0 saturated heterocycles. The van der Waals surface area contributed by atoms with E-state index in [0.717, 1.165) is 99.6 Å². The van der Waals surface area contributed by atoms with Crippen molar-refractivity contribution in [1.29, 1.82) is 0 Å². The van der Waals surface area contributed by atoms with Gasteiger partial charge in [-0.15, -0.1) is 0 Å². The van der Waals surface area contributed by atoms with Crippen LogP contribution < -0.4 is 40.9 Å². The summed E-state index contributed by atoms with van der Waals surface area (Å²) in [6.07, 6.45) is 0. The van der Waals surface area contributed by atoms with Gasteiger partial charge in [0.2, 0.25) is 0 Å². The fraction of sp³-hybridized carbons (Fsp3) is 0.220.